The van der Waals surface area contributed by atoms with Crippen molar-refractivity contribution in [1.29, 1.82) is 0 Å². The number of nitrogens with zero attached hydrogens (tertiary/aromatic N) is 2. The molecule has 0 saturated carbocycles. The van der Waals surface area contributed by atoms with Crippen molar-refractivity contribution in [3.05, 3.63) is 35.9 Å². The molecule has 1 aromatic carbocycles. The molecule has 1 aromatic rings. The predicted octanol–water partition coefficient (Wildman–Crippen LogP) is 3.42. The summed E-state index contributed by atoms with van der Waals surface area (Å²) in [5.41, 5.74) is 1.40. The van der Waals surface area contributed by atoms with Crippen LogP contribution in [0.5, 0.6) is 0 Å². The maximum atomic E-state index is 2.27. The fraction of sp³-hybridized carbons (Fsp3) is 0.667. The Labute approximate surface area is 138 Å². The third kappa shape index (κ3) is 10.7. The number of quaternary nitrogens is 2. The van der Waals surface area contributed by atoms with Crippen molar-refractivity contribution in [2.75, 3.05) is 47.3 Å². The van der Waals surface area contributed by atoms with Crippen molar-refractivity contribution in [2.45, 2.75) is 34.2 Å². The second kappa shape index (κ2) is 12.6. The van der Waals surface area contributed by atoms with Gasteiger partial charge in [0.2, 0.25) is 0 Å². The van der Waals surface area contributed by atoms with Crippen LogP contribution in [0.15, 0.2) is 30.3 Å². The fourth-order valence-corrected chi connectivity index (χ4v) is 2.47. The lowest BCUT2D eigenvalue weighted by atomic mass is 10.2. The zero-order valence-electron chi connectivity index (χ0n) is 15.7. The Hall–Kier alpha value is -0.940. The van der Waals surface area contributed by atoms with Gasteiger partial charge in [-0.25, -0.2) is 0 Å². The first kappa shape index (κ1) is 26.0. The molecule has 1 rings (SSSR count). The summed E-state index contributed by atoms with van der Waals surface area (Å²) >= 11 is 0. The van der Waals surface area contributed by atoms with Crippen molar-refractivity contribution in [2.24, 2.45) is 0 Å². The first-order valence-electron chi connectivity index (χ1n) is 8.02. The van der Waals surface area contributed by atoms with Crippen LogP contribution in [0.4, 0.5) is 0 Å². The van der Waals surface area contributed by atoms with E-state index in [1.807, 2.05) is 0 Å². The molecular formula is C18H38N2O2. The minimum Gasteiger partial charge on any atom is -0.870 e. The van der Waals surface area contributed by atoms with Crippen LogP contribution < -0.4 is 0 Å². The Morgan fingerprint density at radius 2 is 1.05 bits per heavy atom. The van der Waals surface area contributed by atoms with E-state index in [4.69, 9.17) is 0 Å². The third-order valence-electron chi connectivity index (χ3n) is 4.18. The van der Waals surface area contributed by atoms with Crippen molar-refractivity contribution < 1.29 is 19.9 Å². The minimum atomic E-state index is 0. The standard InChI is InChI=1S/C10H16N.C8H20N.2H2O/c1-11(2,3)9-10-7-5-4-6-8-10;1-5-9(6-2,7-3)8-4;;/h4-8H,9H2,1-3H3;5-8H2,1-4H3;2*1H2/q2*+1;;/p-2. The van der Waals surface area contributed by atoms with Crippen LogP contribution in [-0.2, 0) is 6.54 Å². The van der Waals surface area contributed by atoms with Crippen molar-refractivity contribution in [3.63, 3.8) is 0 Å². The molecule has 2 N–H and O–H groups in total. The van der Waals surface area contributed by atoms with Gasteiger partial charge in [-0.3, -0.25) is 0 Å². The van der Waals surface area contributed by atoms with Crippen LogP contribution in [0.25, 0.3) is 0 Å². The van der Waals surface area contributed by atoms with Crippen molar-refractivity contribution >= 4 is 0 Å². The minimum absolute atomic E-state index is 0. The van der Waals surface area contributed by atoms with E-state index in [1.165, 1.54) is 36.2 Å². The number of benzene rings is 1. The molecule has 0 unspecified atom stereocenters. The highest BCUT2D eigenvalue weighted by Crippen LogP contribution is 2.05. The maximum absolute atomic E-state index is 2.27. The summed E-state index contributed by atoms with van der Waals surface area (Å²) < 4.78 is 2.27. The van der Waals surface area contributed by atoms with E-state index in [2.05, 4.69) is 79.2 Å². The van der Waals surface area contributed by atoms with Gasteiger partial charge >= 0.3 is 0 Å². The SMILES string of the molecule is CC[N+](CC)(CC)CC.C[N+](C)(C)Cc1ccccc1.[OH-].[OH-]. The molecular weight excluding hydrogens is 276 g/mol. The lowest BCUT2D eigenvalue weighted by Gasteiger charge is -2.34. The molecule has 0 aliphatic rings. The normalized spacial score (nSPS) is 10.7. The lowest BCUT2D eigenvalue weighted by molar-refractivity contribution is -0.921. The molecule has 132 valence electrons. The van der Waals surface area contributed by atoms with E-state index in [0.717, 1.165) is 11.0 Å². The number of hydrogen-bond acceptors (Lipinski definition) is 2. The smallest absolute Gasteiger partial charge is 0.104 e. The van der Waals surface area contributed by atoms with Gasteiger partial charge in [-0.1, -0.05) is 30.3 Å². The van der Waals surface area contributed by atoms with Gasteiger partial charge < -0.3 is 19.9 Å². The first-order chi connectivity index (χ1) is 9.32. The predicted molar refractivity (Wildman–Crippen MR) is 94.5 cm³/mol. The Kier molecular flexibility index (Phi) is 14.9. The van der Waals surface area contributed by atoms with E-state index in [0.29, 0.717) is 0 Å². The molecule has 0 heterocycles. The van der Waals surface area contributed by atoms with Gasteiger partial charge in [-0.2, -0.15) is 0 Å². The average molecular weight is 315 g/mol. The Bertz CT molecular complexity index is 326. The molecule has 0 atom stereocenters. The fourth-order valence-electron chi connectivity index (χ4n) is 2.47. The molecule has 0 spiro atoms. The van der Waals surface area contributed by atoms with E-state index in [-0.39, 0.29) is 11.0 Å². The van der Waals surface area contributed by atoms with E-state index in [9.17, 15) is 0 Å². The van der Waals surface area contributed by atoms with Crippen LogP contribution in [0.2, 0.25) is 0 Å². The van der Waals surface area contributed by atoms with Gasteiger partial charge in [-0.15, -0.1) is 0 Å². The van der Waals surface area contributed by atoms with Crippen LogP contribution in [0.1, 0.15) is 33.3 Å². The van der Waals surface area contributed by atoms with Crippen molar-refractivity contribution in [3.8, 4) is 0 Å². The summed E-state index contributed by atoms with van der Waals surface area (Å²) in [5, 5.41) is 0. The molecule has 0 saturated heterocycles. The molecule has 4 nitrogen and oxygen atoms in total. The second-order valence-electron chi connectivity index (χ2n) is 6.54. The Morgan fingerprint density at radius 1 is 0.682 bits per heavy atom. The van der Waals surface area contributed by atoms with Crippen LogP contribution in [-0.4, -0.2) is 67.2 Å². The molecule has 0 fully saturated rings. The second-order valence-corrected chi connectivity index (χ2v) is 6.54. The molecule has 0 bridgehead atoms. The van der Waals surface area contributed by atoms with Gasteiger partial charge in [0.25, 0.3) is 0 Å². The monoisotopic (exact) mass is 314 g/mol. The Morgan fingerprint density at radius 3 is 1.27 bits per heavy atom. The van der Waals surface area contributed by atoms with Gasteiger partial charge in [0.15, 0.2) is 0 Å². The molecule has 22 heavy (non-hydrogen) atoms. The van der Waals surface area contributed by atoms with Gasteiger partial charge in [-0.05, 0) is 27.7 Å². The van der Waals surface area contributed by atoms with Crippen LogP contribution >= 0.6 is 0 Å². The highest BCUT2D eigenvalue weighted by Gasteiger charge is 2.16. The summed E-state index contributed by atoms with van der Waals surface area (Å²) in [5.74, 6) is 0. The quantitative estimate of drug-likeness (QED) is 0.755. The molecule has 0 aliphatic carbocycles. The Balaban J connectivity index is -0.000000307. The topological polar surface area (TPSA) is 60.0 Å². The number of rotatable bonds is 6. The zero-order chi connectivity index (χ0) is 15.6. The highest BCUT2D eigenvalue weighted by atomic mass is 16.0. The maximum Gasteiger partial charge on any atom is 0.104 e. The van der Waals surface area contributed by atoms with Crippen LogP contribution in [0.3, 0.4) is 0 Å². The largest absolute Gasteiger partial charge is 0.870 e. The van der Waals surface area contributed by atoms with Gasteiger partial charge in [0.05, 0.1) is 47.3 Å². The molecule has 0 aliphatic heterocycles. The molecule has 0 aromatic heterocycles. The molecule has 0 amide bonds. The van der Waals surface area contributed by atoms with Gasteiger partial charge in [0.1, 0.15) is 6.54 Å². The van der Waals surface area contributed by atoms with E-state index in [1.54, 1.807) is 0 Å². The summed E-state index contributed by atoms with van der Waals surface area (Å²) in [4.78, 5) is 0. The summed E-state index contributed by atoms with van der Waals surface area (Å²) in [6, 6.07) is 10.6. The average Bonchev–Trinajstić information content (AvgIpc) is 2.42. The summed E-state index contributed by atoms with van der Waals surface area (Å²) in [7, 11) is 6.60. The first-order valence-corrected chi connectivity index (χ1v) is 8.02. The number of hydrogen-bond donors (Lipinski definition) is 0. The van der Waals surface area contributed by atoms with E-state index >= 15 is 0 Å². The molecule has 0 radical (unpaired) electrons. The zero-order valence-corrected chi connectivity index (χ0v) is 15.7. The summed E-state index contributed by atoms with van der Waals surface area (Å²) in [6.45, 7) is 15.3. The van der Waals surface area contributed by atoms with Crippen molar-refractivity contribution in [1.82, 2.24) is 0 Å². The highest BCUT2D eigenvalue weighted by molar-refractivity contribution is 5.13. The van der Waals surface area contributed by atoms with Crippen LogP contribution in [0, 0.1) is 0 Å². The third-order valence-corrected chi connectivity index (χ3v) is 4.18. The van der Waals surface area contributed by atoms with Gasteiger partial charge in [0, 0.05) is 5.56 Å². The molecule has 4 heteroatoms. The summed E-state index contributed by atoms with van der Waals surface area (Å²) in [6.07, 6.45) is 0. The lowest BCUT2D eigenvalue weighted by Crippen LogP contribution is -2.47. The van der Waals surface area contributed by atoms with E-state index < -0.39 is 0 Å².